The predicted octanol–water partition coefficient (Wildman–Crippen LogP) is 3.28. The molecule has 0 atom stereocenters. The first kappa shape index (κ1) is 32.9. The van der Waals surface area contributed by atoms with Crippen LogP contribution >= 0.6 is 0 Å². The second-order valence-electron chi connectivity index (χ2n) is 16.0. The number of rotatable bonds is 2. The molecule has 0 aromatic carbocycles. The molecule has 11 heteroatoms. The average molecular weight is 621 g/mol. The number of carbonyl (C=O) groups is 1. The Bertz CT molecular complexity index is 872. The van der Waals surface area contributed by atoms with Crippen LogP contribution in [0.25, 0.3) is 0 Å². The number of piperidine rings is 2. The summed E-state index contributed by atoms with van der Waals surface area (Å²) in [5.41, 5.74) is -2.48. The fourth-order valence-corrected chi connectivity index (χ4v) is 10.5. The summed E-state index contributed by atoms with van der Waals surface area (Å²) in [5.74, 6) is 0. The van der Waals surface area contributed by atoms with E-state index in [4.69, 9.17) is 0 Å². The molecule has 0 aromatic heterocycles. The summed E-state index contributed by atoms with van der Waals surface area (Å²) in [6.07, 6.45) is 10.3. The SMILES string of the molecule is CN(C(=O)N(C)C1CC2(CCC(O)CC2)N([O])C2(CCC(O)CC2)C1)C1CC2(CCC(O)CC2)N([O])C2(CCC(O)CC2)C1. The lowest BCUT2D eigenvalue weighted by atomic mass is 9.64. The fraction of sp³-hybridized carbons (Fsp3) is 0.970. The molecule has 4 spiro atoms. The van der Waals surface area contributed by atoms with Gasteiger partial charge >= 0.3 is 6.03 Å². The molecule has 4 saturated carbocycles. The van der Waals surface area contributed by atoms with E-state index in [1.807, 2.05) is 23.9 Å². The monoisotopic (exact) mass is 620 g/mol. The molecule has 0 aromatic rings. The van der Waals surface area contributed by atoms with Gasteiger partial charge in [0.15, 0.2) is 0 Å². The lowest BCUT2D eigenvalue weighted by Gasteiger charge is -2.60. The molecule has 6 aliphatic rings. The summed E-state index contributed by atoms with van der Waals surface area (Å²) in [4.78, 5) is 18.1. The van der Waals surface area contributed by atoms with Crippen LogP contribution in [0.5, 0.6) is 0 Å². The number of hydrogen-bond acceptors (Lipinski definition) is 7. The smallest absolute Gasteiger partial charge is 0.319 e. The molecule has 4 N–H and O–H groups in total. The molecule has 2 heterocycles. The molecule has 11 nitrogen and oxygen atoms in total. The van der Waals surface area contributed by atoms with Gasteiger partial charge in [-0.2, -0.15) is 0 Å². The summed E-state index contributed by atoms with van der Waals surface area (Å²) in [5, 5.41) is 72.4. The second kappa shape index (κ2) is 12.2. The zero-order chi connectivity index (χ0) is 31.5. The van der Waals surface area contributed by atoms with Gasteiger partial charge in [-0.1, -0.05) is 0 Å². The molecule has 0 bridgehead atoms. The third kappa shape index (κ3) is 5.71. The molecule has 2 radical (unpaired) electrons. The second-order valence-corrected chi connectivity index (χ2v) is 16.0. The van der Waals surface area contributed by atoms with Gasteiger partial charge in [-0.05, 0) is 128 Å². The van der Waals surface area contributed by atoms with E-state index in [1.165, 1.54) is 10.1 Å². The Balaban J connectivity index is 1.24. The van der Waals surface area contributed by atoms with Crippen molar-refractivity contribution in [3.8, 4) is 0 Å². The minimum atomic E-state index is -0.620. The quantitative estimate of drug-likeness (QED) is 0.370. The number of hydroxylamine groups is 4. The molecule has 250 valence electrons. The Morgan fingerprint density at radius 3 is 0.909 bits per heavy atom. The molecule has 2 amide bonds. The van der Waals surface area contributed by atoms with E-state index in [0.717, 1.165) is 0 Å². The van der Waals surface area contributed by atoms with Crippen LogP contribution in [0.15, 0.2) is 0 Å². The maximum atomic E-state index is 14.4. The number of urea groups is 1. The van der Waals surface area contributed by atoms with Crippen molar-refractivity contribution in [2.45, 2.75) is 187 Å². The fourth-order valence-electron chi connectivity index (χ4n) is 10.5. The number of amides is 2. The number of aliphatic hydroxyl groups excluding tert-OH is 4. The molecule has 2 saturated heterocycles. The summed E-state index contributed by atoms with van der Waals surface area (Å²) < 4.78 is 0. The molecule has 44 heavy (non-hydrogen) atoms. The van der Waals surface area contributed by atoms with E-state index in [2.05, 4.69) is 0 Å². The molecule has 6 fully saturated rings. The van der Waals surface area contributed by atoms with Gasteiger partial charge < -0.3 is 30.2 Å². The normalized spacial score (nSPS) is 47.4. The van der Waals surface area contributed by atoms with Crippen molar-refractivity contribution >= 4 is 6.03 Å². The zero-order valence-corrected chi connectivity index (χ0v) is 26.9. The van der Waals surface area contributed by atoms with E-state index in [0.29, 0.717) is 128 Å². The zero-order valence-electron chi connectivity index (χ0n) is 26.9. The van der Waals surface area contributed by atoms with E-state index in [1.54, 1.807) is 0 Å². The van der Waals surface area contributed by atoms with Gasteiger partial charge in [0, 0.05) is 26.2 Å². The minimum Gasteiger partial charge on any atom is -0.393 e. The van der Waals surface area contributed by atoms with Gasteiger partial charge in [0.1, 0.15) is 0 Å². The largest absolute Gasteiger partial charge is 0.393 e. The summed E-state index contributed by atoms with van der Waals surface area (Å²) in [7, 11) is 3.73. The highest BCUT2D eigenvalue weighted by Crippen LogP contribution is 2.53. The first-order valence-electron chi connectivity index (χ1n) is 17.5. The molecule has 6 rings (SSSR count). The van der Waals surface area contributed by atoms with E-state index in [-0.39, 0.29) is 18.1 Å². The Labute approximate surface area is 262 Å². The third-order valence-electron chi connectivity index (χ3n) is 13.4. The number of nitrogens with zero attached hydrogens (tertiary/aromatic N) is 4. The summed E-state index contributed by atoms with van der Waals surface area (Å²) in [6.45, 7) is 0. The maximum Gasteiger partial charge on any atom is 0.319 e. The number of aliphatic hydroxyl groups is 4. The van der Waals surface area contributed by atoms with Crippen molar-refractivity contribution in [2.24, 2.45) is 0 Å². The van der Waals surface area contributed by atoms with Gasteiger partial charge in [0.05, 0.1) is 46.6 Å². The Morgan fingerprint density at radius 1 is 0.500 bits per heavy atom. The summed E-state index contributed by atoms with van der Waals surface area (Å²) in [6, 6.07) is -0.372. The molecular formula is C33H56N4O7. The Morgan fingerprint density at radius 2 is 0.705 bits per heavy atom. The minimum absolute atomic E-state index is 0.0901. The van der Waals surface area contributed by atoms with Crippen molar-refractivity contribution in [3.63, 3.8) is 0 Å². The van der Waals surface area contributed by atoms with Gasteiger partial charge in [0.2, 0.25) is 0 Å². The van der Waals surface area contributed by atoms with Crippen molar-refractivity contribution in [1.29, 1.82) is 0 Å². The van der Waals surface area contributed by atoms with Gasteiger partial charge in [-0.3, -0.25) is 0 Å². The van der Waals surface area contributed by atoms with Crippen LogP contribution in [-0.2, 0) is 10.4 Å². The van der Waals surface area contributed by atoms with Crippen LogP contribution in [-0.4, -0.2) is 119 Å². The van der Waals surface area contributed by atoms with Gasteiger partial charge in [-0.15, -0.1) is 20.5 Å². The molecule has 0 unspecified atom stereocenters. The van der Waals surface area contributed by atoms with Crippen molar-refractivity contribution in [2.75, 3.05) is 14.1 Å². The average Bonchev–Trinajstić information content (AvgIpc) is 3.02. The highest BCUT2D eigenvalue weighted by atomic mass is 16.5. The maximum absolute atomic E-state index is 14.4. The third-order valence-corrected chi connectivity index (χ3v) is 13.4. The van der Waals surface area contributed by atoms with Crippen LogP contribution in [0.3, 0.4) is 0 Å². The molecule has 4 aliphatic carbocycles. The lowest BCUT2D eigenvalue weighted by Crippen LogP contribution is -2.70. The summed E-state index contributed by atoms with van der Waals surface area (Å²) >= 11 is 0. The number of carbonyl (C=O) groups excluding carboxylic acids is 1. The van der Waals surface area contributed by atoms with Crippen LogP contribution in [0, 0.1) is 0 Å². The topological polar surface area (TPSA) is 151 Å². The highest BCUT2D eigenvalue weighted by molar-refractivity contribution is 5.74. The first-order chi connectivity index (χ1) is 20.8. The molecule has 2 aliphatic heterocycles. The van der Waals surface area contributed by atoms with E-state index >= 15 is 0 Å². The van der Waals surface area contributed by atoms with Crippen molar-refractivity contribution in [3.05, 3.63) is 0 Å². The standard InChI is InChI=1S/C33H56N4O7/c1-34(23-19-30(11-3-25(38)4-12-30)36(43)31(20-23)13-5-26(39)6-14-31)29(42)35(2)24-21-32(15-7-27(40)8-16-32)37(44)33(22-24)17-9-28(41)10-18-33/h23-28,38-41H,3-22H2,1-2H3. The predicted molar refractivity (Wildman–Crippen MR) is 161 cm³/mol. The van der Waals surface area contributed by atoms with E-state index in [9.17, 15) is 35.6 Å². The van der Waals surface area contributed by atoms with Crippen molar-refractivity contribution in [1.82, 2.24) is 19.9 Å². The Kier molecular flexibility index (Phi) is 9.11. The van der Waals surface area contributed by atoms with Crippen LogP contribution in [0.1, 0.15) is 128 Å². The van der Waals surface area contributed by atoms with Gasteiger partial charge in [0.25, 0.3) is 0 Å². The van der Waals surface area contributed by atoms with Crippen LogP contribution in [0.2, 0.25) is 0 Å². The Hall–Kier alpha value is -1.05. The van der Waals surface area contributed by atoms with Crippen LogP contribution in [0.4, 0.5) is 4.79 Å². The van der Waals surface area contributed by atoms with E-state index < -0.39 is 46.6 Å². The van der Waals surface area contributed by atoms with Gasteiger partial charge in [-0.25, -0.2) is 4.79 Å². The lowest BCUT2D eigenvalue weighted by molar-refractivity contribution is -0.328. The first-order valence-corrected chi connectivity index (χ1v) is 17.5. The number of hydrogen-bond donors (Lipinski definition) is 4. The molecular weight excluding hydrogens is 564 g/mol. The highest BCUT2D eigenvalue weighted by Gasteiger charge is 2.60. The van der Waals surface area contributed by atoms with Crippen LogP contribution < -0.4 is 0 Å². The van der Waals surface area contributed by atoms with Crippen molar-refractivity contribution < 1.29 is 35.6 Å².